The SMILES string of the molecule is CC1=C[C@@H]2CN(C(=O)N2O[C@@H](F)C(=O)O)[C@@H]1C(=O)N(C)NS(N)(=O)=O. The highest BCUT2D eigenvalue weighted by Crippen LogP contribution is 2.30. The van der Waals surface area contributed by atoms with Crippen LogP contribution in [0.5, 0.6) is 0 Å². The number of carboxylic acid groups (broad SMARTS) is 1. The summed E-state index contributed by atoms with van der Waals surface area (Å²) in [5, 5.41) is 14.5. The summed E-state index contributed by atoms with van der Waals surface area (Å²) in [7, 11) is -3.11. The maximum absolute atomic E-state index is 13.3. The number of carbonyl (C=O) groups excluding carboxylic acids is 2. The lowest BCUT2D eigenvalue weighted by Crippen LogP contribution is -2.55. The van der Waals surface area contributed by atoms with E-state index in [9.17, 15) is 27.2 Å². The van der Waals surface area contributed by atoms with Crippen LogP contribution in [0.4, 0.5) is 9.18 Å². The number of aliphatic carboxylic acids is 1. The Balaban J connectivity index is 2.21. The van der Waals surface area contributed by atoms with Crippen molar-refractivity contribution in [1.29, 1.82) is 0 Å². The third-order valence-corrected chi connectivity index (χ3v) is 4.07. The Morgan fingerprint density at radius 2 is 2.16 bits per heavy atom. The number of amides is 3. The summed E-state index contributed by atoms with van der Waals surface area (Å²) in [5.41, 5.74) is 0.370. The van der Waals surface area contributed by atoms with Gasteiger partial charge in [-0.2, -0.15) is 13.5 Å². The van der Waals surface area contributed by atoms with Crippen LogP contribution >= 0.6 is 0 Å². The molecule has 2 aliphatic heterocycles. The summed E-state index contributed by atoms with van der Waals surface area (Å²) in [6.45, 7) is 1.44. The standard InChI is InChI=1S/C11H16FN5O7S/c1-5-3-6-4-16(11(21)17(6)24-8(12)10(19)20)7(5)9(18)15(2)14-25(13,22)23/h3,6-8,14H,4H2,1-2H3,(H,19,20)(H2,13,22,23)/t6-,7+,8-/m1/s1. The number of alkyl halides is 1. The van der Waals surface area contributed by atoms with Gasteiger partial charge in [0.15, 0.2) is 0 Å². The Morgan fingerprint density at radius 1 is 1.56 bits per heavy atom. The Morgan fingerprint density at radius 3 is 2.68 bits per heavy atom. The molecule has 2 bridgehead atoms. The topological polar surface area (TPSA) is 163 Å². The van der Waals surface area contributed by atoms with Crippen molar-refractivity contribution in [2.75, 3.05) is 13.6 Å². The maximum Gasteiger partial charge on any atom is 0.368 e. The number of nitrogens with zero attached hydrogens (tertiary/aromatic N) is 3. The molecular weight excluding hydrogens is 365 g/mol. The third-order valence-electron chi connectivity index (χ3n) is 3.55. The lowest BCUT2D eigenvalue weighted by atomic mass is 10.00. The van der Waals surface area contributed by atoms with Crippen molar-refractivity contribution in [3.8, 4) is 0 Å². The molecule has 3 atom stereocenters. The van der Waals surface area contributed by atoms with Crippen LogP contribution in [0.25, 0.3) is 0 Å². The van der Waals surface area contributed by atoms with Gasteiger partial charge in [0.25, 0.3) is 16.1 Å². The monoisotopic (exact) mass is 381 g/mol. The number of urea groups is 1. The van der Waals surface area contributed by atoms with Crippen molar-refractivity contribution in [2.45, 2.75) is 25.4 Å². The van der Waals surface area contributed by atoms with Crippen LogP contribution in [-0.4, -0.2) is 78.4 Å². The molecule has 0 aliphatic carbocycles. The molecule has 140 valence electrons. The lowest BCUT2D eigenvalue weighted by molar-refractivity contribution is -0.219. The van der Waals surface area contributed by atoms with Gasteiger partial charge < -0.3 is 10.0 Å². The number of likely N-dealkylation sites (N-methyl/N-ethyl adjacent to an activating group) is 1. The fourth-order valence-electron chi connectivity index (χ4n) is 2.61. The molecule has 1 fully saturated rings. The highest BCUT2D eigenvalue weighted by Gasteiger charge is 2.49. The first kappa shape index (κ1) is 19.0. The highest BCUT2D eigenvalue weighted by atomic mass is 32.2. The summed E-state index contributed by atoms with van der Waals surface area (Å²) >= 11 is 0. The Kier molecular flexibility index (Phi) is 4.99. The fraction of sp³-hybridized carbons (Fsp3) is 0.545. The first-order chi connectivity index (χ1) is 11.4. The van der Waals surface area contributed by atoms with Crippen LogP contribution in [0, 0.1) is 0 Å². The zero-order valence-electron chi connectivity index (χ0n) is 13.1. The summed E-state index contributed by atoms with van der Waals surface area (Å²) in [6, 6.07) is -2.89. The average Bonchev–Trinajstić information content (AvgIpc) is 2.70. The number of carboxylic acids is 1. The number of rotatable bonds is 6. The van der Waals surface area contributed by atoms with Crippen LogP contribution in [0.15, 0.2) is 11.6 Å². The second-order valence-corrected chi connectivity index (χ2v) is 6.71. The molecule has 0 aromatic rings. The Bertz CT molecular complexity index is 741. The summed E-state index contributed by atoms with van der Waals surface area (Å²) in [4.78, 5) is 42.5. The van der Waals surface area contributed by atoms with E-state index in [0.717, 1.165) is 11.9 Å². The van der Waals surface area contributed by atoms with Gasteiger partial charge in [0.2, 0.25) is 0 Å². The quantitative estimate of drug-likeness (QED) is 0.350. The molecule has 0 aromatic carbocycles. The van der Waals surface area contributed by atoms with Gasteiger partial charge in [0.1, 0.15) is 6.04 Å². The van der Waals surface area contributed by atoms with E-state index < -0.39 is 46.6 Å². The Labute approximate surface area is 141 Å². The van der Waals surface area contributed by atoms with Crippen LogP contribution in [0.2, 0.25) is 0 Å². The number of nitrogens with one attached hydrogen (secondary N) is 1. The second-order valence-electron chi connectivity index (χ2n) is 5.43. The molecule has 2 heterocycles. The van der Waals surface area contributed by atoms with E-state index in [-0.39, 0.29) is 6.54 Å². The van der Waals surface area contributed by atoms with E-state index in [1.165, 1.54) is 13.0 Å². The van der Waals surface area contributed by atoms with Gasteiger partial charge >= 0.3 is 18.4 Å². The minimum absolute atomic E-state index is 0.0673. The van der Waals surface area contributed by atoms with Crippen LogP contribution in [0.1, 0.15) is 6.92 Å². The summed E-state index contributed by atoms with van der Waals surface area (Å²) < 4.78 is 35.3. The molecule has 2 aliphatic rings. The number of halogens is 1. The van der Waals surface area contributed by atoms with Crippen LogP contribution < -0.4 is 9.97 Å². The molecule has 14 heteroatoms. The molecule has 3 amide bonds. The number of hydrogen-bond donors (Lipinski definition) is 3. The predicted molar refractivity (Wildman–Crippen MR) is 77.9 cm³/mol. The second kappa shape index (κ2) is 6.55. The zero-order valence-corrected chi connectivity index (χ0v) is 13.9. The van der Waals surface area contributed by atoms with Gasteiger partial charge in [-0.3, -0.25) is 9.80 Å². The van der Waals surface area contributed by atoms with E-state index >= 15 is 0 Å². The van der Waals surface area contributed by atoms with Crippen LogP contribution in [-0.2, 0) is 24.6 Å². The number of fused-ring (bicyclic) bond motifs is 2. The largest absolute Gasteiger partial charge is 0.477 e. The van der Waals surface area contributed by atoms with E-state index in [1.54, 1.807) is 4.83 Å². The van der Waals surface area contributed by atoms with Crippen LogP contribution in [0.3, 0.4) is 0 Å². The predicted octanol–water partition coefficient (Wildman–Crippen LogP) is -2.10. The van der Waals surface area contributed by atoms with Crippen molar-refractivity contribution >= 4 is 28.1 Å². The molecule has 1 saturated heterocycles. The summed E-state index contributed by atoms with van der Waals surface area (Å²) in [6.07, 6.45) is -1.32. The van der Waals surface area contributed by atoms with Crippen molar-refractivity contribution < 1.29 is 37.1 Å². The number of carbonyl (C=O) groups is 3. The van der Waals surface area contributed by atoms with Crippen molar-refractivity contribution in [3.05, 3.63) is 11.6 Å². The van der Waals surface area contributed by atoms with E-state index in [0.29, 0.717) is 15.6 Å². The van der Waals surface area contributed by atoms with Gasteiger partial charge in [-0.25, -0.2) is 24.0 Å². The molecule has 0 saturated carbocycles. The van der Waals surface area contributed by atoms with Crippen molar-refractivity contribution in [3.63, 3.8) is 0 Å². The van der Waals surface area contributed by atoms with E-state index in [2.05, 4.69) is 4.84 Å². The molecule has 2 rings (SSSR count). The number of hydrogen-bond acceptors (Lipinski definition) is 6. The molecular formula is C11H16FN5O7S. The van der Waals surface area contributed by atoms with Gasteiger partial charge in [-0.05, 0) is 12.5 Å². The third kappa shape index (κ3) is 3.87. The number of hydroxylamine groups is 2. The first-order valence-electron chi connectivity index (χ1n) is 6.82. The molecule has 0 unspecified atom stereocenters. The van der Waals surface area contributed by atoms with Crippen molar-refractivity contribution in [1.82, 2.24) is 19.8 Å². The Hall–Kier alpha value is -2.29. The minimum atomic E-state index is -4.21. The van der Waals surface area contributed by atoms with Gasteiger partial charge in [0, 0.05) is 7.05 Å². The molecule has 12 nitrogen and oxygen atoms in total. The smallest absolute Gasteiger partial charge is 0.368 e. The fourth-order valence-corrected chi connectivity index (χ4v) is 3.09. The number of hydrazine groups is 1. The van der Waals surface area contributed by atoms with Crippen molar-refractivity contribution in [2.24, 2.45) is 5.14 Å². The zero-order chi connectivity index (χ0) is 19.1. The normalized spacial score (nSPS) is 24.2. The van der Waals surface area contributed by atoms with Gasteiger partial charge in [0.05, 0.1) is 12.6 Å². The molecule has 0 radical (unpaired) electrons. The first-order valence-corrected chi connectivity index (χ1v) is 8.36. The number of nitrogens with two attached hydrogens (primary N) is 1. The average molecular weight is 381 g/mol. The van der Waals surface area contributed by atoms with Gasteiger partial charge in [-0.1, -0.05) is 6.08 Å². The minimum Gasteiger partial charge on any atom is -0.477 e. The van der Waals surface area contributed by atoms with E-state index in [1.807, 2.05) is 0 Å². The molecule has 25 heavy (non-hydrogen) atoms. The molecule has 0 spiro atoms. The maximum atomic E-state index is 13.3. The molecule has 0 aromatic heterocycles. The van der Waals surface area contributed by atoms with Gasteiger partial charge in [-0.15, -0.1) is 4.83 Å². The van der Waals surface area contributed by atoms with E-state index in [4.69, 9.17) is 10.2 Å². The highest BCUT2D eigenvalue weighted by molar-refractivity contribution is 7.87. The molecule has 4 N–H and O–H groups in total. The summed E-state index contributed by atoms with van der Waals surface area (Å²) in [5.74, 6) is -2.72. The lowest BCUT2D eigenvalue weighted by Gasteiger charge is -2.31.